The van der Waals surface area contributed by atoms with Crippen LogP contribution in [0.25, 0.3) is 22.2 Å². The molecule has 3 heterocycles. The molecule has 0 aliphatic heterocycles. The van der Waals surface area contributed by atoms with Crippen molar-refractivity contribution in [1.82, 2.24) is 25.3 Å². The minimum absolute atomic E-state index is 0.0245. The van der Waals surface area contributed by atoms with E-state index in [0.29, 0.717) is 17.4 Å². The van der Waals surface area contributed by atoms with E-state index in [-0.39, 0.29) is 17.4 Å². The van der Waals surface area contributed by atoms with Crippen molar-refractivity contribution in [3.63, 3.8) is 0 Å². The maximum absolute atomic E-state index is 14.5. The van der Waals surface area contributed by atoms with Gasteiger partial charge in [-0.05, 0) is 42.9 Å². The lowest BCUT2D eigenvalue weighted by atomic mass is 9.83. The van der Waals surface area contributed by atoms with Gasteiger partial charge in [-0.1, -0.05) is 32.0 Å². The van der Waals surface area contributed by atoms with Gasteiger partial charge in [0.05, 0.1) is 23.0 Å². The Kier molecular flexibility index (Phi) is 8.22. The second-order valence-electron chi connectivity index (χ2n) is 8.93. The number of carbonyl (C=O) groups excluding carboxylic acids is 1. The lowest BCUT2D eigenvalue weighted by molar-refractivity contribution is 0.0960. The molecule has 8 nitrogen and oxygen atoms in total. The van der Waals surface area contributed by atoms with Gasteiger partial charge in [0.2, 0.25) is 0 Å². The molecule has 9 heteroatoms. The predicted molar refractivity (Wildman–Crippen MR) is 145 cm³/mol. The lowest BCUT2D eigenvalue weighted by Crippen LogP contribution is -2.21. The Hall–Kier alpha value is -4.14. The van der Waals surface area contributed by atoms with E-state index in [2.05, 4.69) is 49.7 Å². The third-order valence-electron chi connectivity index (χ3n) is 6.55. The molecule has 0 radical (unpaired) electrons. The zero-order valence-electron chi connectivity index (χ0n) is 21.5. The molecule has 0 saturated carbocycles. The Bertz CT molecular complexity index is 1380. The average Bonchev–Trinajstić information content (AvgIpc) is 2.92. The smallest absolute Gasteiger partial charge is 0.254 e. The Morgan fingerprint density at radius 3 is 2.54 bits per heavy atom. The molecule has 3 aromatic heterocycles. The number of nitrogens with one attached hydrogen (secondary N) is 3. The molecule has 0 aliphatic carbocycles. The van der Waals surface area contributed by atoms with E-state index in [0.717, 1.165) is 47.6 Å². The van der Waals surface area contributed by atoms with Crippen molar-refractivity contribution < 1.29 is 9.18 Å². The van der Waals surface area contributed by atoms with Gasteiger partial charge in [0, 0.05) is 43.4 Å². The van der Waals surface area contributed by atoms with Gasteiger partial charge in [-0.25, -0.2) is 19.3 Å². The molecule has 1 amide bonds. The Labute approximate surface area is 216 Å². The summed E-state index contributed by atoms with van der Waals surface area (Å²) in [6, 6.07) is 11.4. The van der Waals surface area contributed by atoms with Crippen molar-refractivity contribution >= 4 is 28.4 Å². The Balaban J connectivity index is 1.54. The minimum atomic E-state index is -0.627. The largest absolute Gasteiger partial charge is 0.370 e. The van der Waals surface area contributed by atoms with Gasteiger partial charge < -0.3 is 16.0 Å². The highest BCUT2D eigenvalue weighted by Crippen LogP contribution is 2.34. The highest BCUT2D eigenvalue weighted by Gasteiger charge is 2.23. The second-order valence-corrected chi connectivity index (χ2v) is 8.93. The molecule has 2 atom stereocenters. The summed E-state index contributed by atoms with van der Waals surface area (Å²) >= 11 is 0. The zero-order chi connectivity index (χ0) is 26.4. The molecule has 0 bridgehead atoms. The monoisotopic (exact) mass is 501 g/mol. The van der Waals surface area contributed by atoms with Gasteiger partial charge in [0.25, 0.3) is 5.91 Å². The maximum atomic E-state index is 14.5. The molecular weight excluding hydrogens is 469 g/mol. The molecule has 0 aliphatic rings. The third-order valence-corrected chi connectivity index (χ3v) is 6.55. The molecular formula is C28H32FN7O. The van der Waals surface area contributed by atoms with Gasteiger partial charge in [0.1, 0.15) is 18.0 Å². The van der Waals surface area contributed by atoms with E-state index in [4.69, 9.17) is 0 Å². The standard InChI is InChI=1S/C28H32FN7O/c1-5-19(20-8-7-9-21-26(28(37)30-4)22(29)15-34-27(20)21)17(3)13-32-25-12-23(35-16-36-25)18-10-11-24(31-6-2)33-14-18/h7-12,14-17,19H,5-6,13H2,1-4H3,(H,30,37)(H,31,33)(H,32,35,36). The molecule has 2 unspecified atom stereocenters. The van der Waals surface area contributed by atoms with E-state index >= 15 is 0 Å². The highest BCUT2D eigenvalue weighted by molar-refractivity contribution is 6.06. The van der Waals surface area contributed by atoms with Crippen LogP contribution in [0.3, 0.4) is 0 Å². The number of rotatable bonds is 10. The summed E-state index contributed by atoms with van der Waals surface area (Å²) in [4.78, 5) is 30.0. The van der Waals surface area contributed by atoms with E-state index in [1.807, 2.05) is 37.3 Å². The average molecular weight is 502 g/mol. The maximum Gasteiger partial charge on any atom is 0.254 e. The van der Waals surface area contributed by atoms with Crippen molar-refractivity contribution in [3.05, 3.63) is 72.1 Å². The summed E-state index contributed by atoms with van der Waals surface area (Å²) < 4.78 is 14.5. The third kappa shape index (κ3) is 5.66. The van der Waals surface area contributed by atoms with Crippen molar-refractivity contribution in [2.75, 3.05) is 30.8 Å². The number of anilines is 2. The van der Waals surface area contributed by atoms with Crippen molar-refractivity contribution in [3.8, 4) is 11.3 Å². The normalized spacial score (nSPS) is 12.7. The number of aromatic nitrogens is 4. The van der Waals surface area contributed by atoms with E-state index in [1.54, 1.807) is 18.6 Å². The number of pyridine rings is 2. The quantitative estimate of drug-likeness (QED) is 0.272. The Morgan fingerprint density at radius 2 is 1.84 bits per heavy atom. The first-order chi connectivity index (χ1) is 18.0. The summed E-state index contributed by atoms with van der Waals surface area (Å²) in [5.74, 6) is 0.795. The van der Waals surface area contributed by atoms with Crippen molar-refractivity contribution in [2.45, 2.75) is 33.1 Å². The number of hydrogen-bond donors (Lipinski definition) is 3. The van der Waals surface area contributed by atoms with Crippen LogP contribution < -0.4 is 16.0 Å². The number of benzene rings is 1. The van der Waals surface area contributed by atoms with Crippen molar-refractivity contribution in [2.24, 2.45) is 5.92 Å². The molecule has 3 N–H and O–H groups in total. The fourth-order valence-electron chi connectivity index (χ4n) is 4.66. The van der Waals surface area contributed by atoms with Crippen LogP contribution in [0.1, 0.15) is 49.0 Å². The molecule has 4 aromatic rings. The summed E-state index contributed by atoms with van der Waals surface area (Å²) in [7, 11) is 1.49. The first-order valence-corrected chi connectivity index (χ1v) is 12.5. The predicted octanol–water partition coefficient (Wildman–Crippen LogP) is 5.26. The molecule has 0 spiro atoms. The van der Waals surface area contributed by atoms with Crippen LogP contribution in [0.5, 0.6) is 0 Å². The lowest BCUT2D eigenvalue weighted by Gasteiger charge is -2.25. The highest BCUT2D eigenvalue weighted by atomic mass is 19.1. The van der Waals surface area contributed by atoms with Crippen LogP contribution in [-0.4, -0.2) is 46.0 Å². The van der Waals surface area contributed by atoms with Crippen LogP contribution in [0.2, 0.25) is 0 Å². The van der Waals surface area contributed by atoms with Crippen LogP contribution in [0, 0.1) is 11.7 Å². The van der Waals surface area contributed by atoms with Gasteiger partial charge in [0.15, 0.2) is 5.82 Å². The van der Waals surface area contributed by atoms with E-state index < -0.39 is 11.7 Å². The summed E-state index contributed by atoms with van der Waals surface area (Å²) in [6.07, 6.45) is 5.33. The van der Waals surface area contributed by atoms with Crippen molar-refractivity contribution in [1.29, 1.82) is 0 Å². The van der Waals surface area contributed by atoms with Gasteiger partial charge >= 0.3 is 0 Å². The van der Waals surface area contributed by atoms with E-state index in [9.17, 15) is 9.18 Å². The van der Waals surface area contributed by atoms with Gasteiger partial charge in [-0.3, -0.25) is 9.78 Å². The van der Waals surface area contributed by atoms with E-state index in [1.165, 1.54) is 7.05 Å². The topological polar surface area (TPSA) is 105 Å². The zero-order valence-corrected chi connectivity index (χ0v) is 21.5. The van der Waals surface area contributed by atoms with Crippen LogP contribution >= 0.6 is 0 Å². The van der Waals surface area contributed by atoms with Gasteiger partial charge in [-0.2, -0.15) is 0 Å². The molecule has 1 aromatic carbocycles. The second kappa shape index (κ2) is 11.7. The number of para-hydroxylation sites is 1. The molecule has 0 saturated heterocycles. The number of fused-ring (bicyclic) bond motifs is 1. The number of hydrogen-bond acceptors (Lipinski definition) is 7. The summed E-state index contributed by atoms with van der Waals surface area (Å²) in [5.41, 5.74) is 3.37. The van der Waals surface area contributed by atoms with Crippen LogP contribution in [0.4, 0.5) is 16.0 Å². The first-order valence-electron chi connectivity index (χ1n) is 12.5. The molecule has 4 rings (SSSR count). The minimum Gasteiger partial charge on any atom is -0.370 e. The van der Waals surface area contributed by atoms with Gasteiger partial charge in [-0.15, -0.1) is 0 Å². The SMILES string of the molecule is CCNc1ccc(-c2cc(NCC(C)C(CC)c3cccc4c(C(=O)NC)c(F)cnc34)ncn2)cn1. The van der Waals surface area contributed by atoms with Crippen LogP contribution in [0.15, 0.2) is 55.1 Å². The Morgan fingerprint density at radius 1 is 1.00 bits per heavy atom. The fourth-order valence-corrected chi connectivity index (χ4v) is 4.66. The molecule has 0 fully saturated rings. The summed E-state index contributed by atoms with van der Waals surface area (Å²) in [6.45, 7) is 7.78. The van der Waals surface area contributed by atoms with Crippen LogP contribution in [-0.2, 0) is 0 Å². The number of halogens is 1. The fraction of sp³-hybridized carbons (Fsp3) is 0.321. The number of carbonyl (C=O) groups is 1. The first kappa shape index (κ1) is 25.9. The molecule has 37 heavy (non-hydrogen) atoms. The number of nitrogens with zero attached hydrogens (tertiary/aromatic N) is 4. The number of amides is 1. The summed E-state index contributed by atoms with van der Waals surface area (Å²) in [5, 5.41) is 9.67. The molecule has 192 valence electrons.